The van der Waals surface area contributed by atoms with Gasteiger partial charge in [-0.2, -0.15) is 0 Å². The highest BCUT2D eigenvalue weighted by molar-refractivity contribution is 6.22. The lowest BCUT2D eigenvalue weighted by atomic mass is 10.0. The average Bonchev–Trinajstić information content (AvgIpc) is 1.87. The molecule has 0 aromatic rings. The number of alkyl halides is 1. The highest BCUT2D eigenvalue weighted by atomic mass is 35.5. The molecule has 0 bridgehead atoms. The first-order chi connectivity index (χ1) is 5.22. The number of hydrogen-bond acceptors (Lipinski definition) is 2. The predicted molar refractivity (Wildman–Crippen MR) is 52.6 cm³/mol. The highest BCUT2D eigenvalue weighted by Gasteiger charge is 2.12. The van der Waals surface area contributed by atoms with E-state index >= 15 is 0 Å². The fourth-order valence-electron chi connectivity index (χ4n) is 0.293. The summed E-state index contributed by atoms with van der Waals surface area (Å²) in [5, 5.41) is 0.412. The number of nitrogens with two attached hydrogens (primary N) is 2. The lowest BCUT2D eigenvalue weighted by Gasteiger charge is -2.15. The number of rotatable bonds is 0. The maximum atomic E-state index is 5.49. The number of hydrogen-bond donors (Lipinski definition) is 2. The maximum absolute atomic E-state index is 5.49. The van der Waals surface area contributed by atoms with Crippen LogP contribution in [0.5, 0.6) is 0 Å². The first-order valence-electron chi connectivity index (χ1n) is 4.10. The minimum Gasteiger partial charge on any atom is -0.331 e. The van der Waals surface area contributed by atoms with E-state index in [0.29, 0.717) is 5.38 Å². The molecule has 0 spiro atoms. The van der Waals surface area contributed by atoms with Crippen LogP contribution in [0.25, 0.3) is 0 Å². The molecule has 1 radical (unpaired) electrons. The van der Waals surface area contributed by atoms with Gasteiger partial charge in [-0.3, -0.25) is 0 Å². The van der Waals surface area contributed by atoms with E-state index in [9.17, 15) is 0 Å². The van der Waals surface area contributed by atoms with Crippen LogP contribution in [0.1, 0.15) is 26.7 Å². The van der Waals surface area contributed by atoms with Crippen molar-refractivity contribution in [2.45, 2.75) is 32.1 Å². The van der Waals surface area contributed by atoms with Gasteiger partial charge in [0.15, 0.2) is 0 Å². The van der Waals surface area contributed by atoms with Gasteiger partial charge < -0.3 is 11.5 Å². The van der Waals surface area contributed by atoms with Crippen molar-refractivity contribution in [1.29, 1.82) is 0 Å². The van der Waals surface area contributed by atoms with Crippen molar-refractivity contribution < 1.29 is 0 Å². The third-order valence-corrected chi connectivity index (χ3v) is 1.26. The fraction of sp³-hybridized carbons (Fsp3) is 0.875. The molecule has 1 rings (SSSR count). The normalized spacial score (nSPS) is 15.0. The first-order valence-corrected chi connectivity index (χ1v) is 4.54. The van der Waals surface area contributed by atoms with E-state index in [4.69, 9.17) is 23.1 Å². The minimum absolute atomic E-state index is 0.412. The Hall–Kier alpha value is 0.210. The van der Waals surface area contributed by atoms with Crippen LogP contribution in [0.3, 0.4) is 0 Å². The summed E-state index contributed by atoms with van der Waals surface area (Å²) in [6.07, 6.45) is 4.54. The van der Waals surface area contributed by atoms with E-state index in [0.717, 1.165) is 13.1 Å². The van der Waals surface area contributed by atoms with Crippen LogP contribution >= 0.6 is 11.6 Å². The fourth-order valence-corrected chi connectivity index (χ4v) is 0.545. The van der Waals surface area contributed by atoms with Crippen LogP contribution in [0.4, 0.5) is 0 Å². The molecule has 2 nitrogen and oxygen atoms in total. The van der Waals surface area contributed by atoms with Crippen molar-refractivity contribution in [2.75, 3.05) is 13.1 Å². The molecule has 0 aromatic heterocycles. The van der Waals surface area contributed by atoms with Crippen LogP contribution in [-0.4, -0.2) is 18.5 Å². The van der Waals surface area contributed by atoms with Crippen LogP contribution in [0.15, 0.2) is 0 Å². The average molecular weight is 180 g/mol. The Labute approximate surface area is 75.3 Å². The summed E-state index contributed by atoms with van der Waals surface area (Å²) in [6, 6.07) is 0. The standard InChI is InChI=1S/C4H6Cl.2C2H7N/c5-4-2-1-3-4;2*1-2-3/h2,4H,1,3H2;2*2-3H2,1H3. The molecule has 1 fully saturated rings. The van der Waals surface area contributed by atoms with Crippen molar-refractivity contribution >= 4 is 11.6 Å². The van der Waals surface area contributed by atoms with Gasteiger partial charge >= 0.3 is 0 Å². The third-order valence-electron chi connectivity index (χ3n) is 0.865. The monoisotopic (exact) mass is 179 g/mol. The SMILES string of the molecule is CCN.CCN.ClC1[CH]CC1. The largest absolute Gasteiger partial charge is 0.331 e. The summed E-state index contributed by atoms with van der Waals surface area (Å²) in [4.78, 5) is 0. The lowest BCUT2D eigenvalue weighted by molar-refractivity contribution is 0.662. The minimum atomic E-state index is 0.412. The van der Waals surface area contributed by atoms with Gasteiger partial charge in [0, 0.05) is 5.38 Å². The molecule has 1 saturated carbocycles. The Kier molecular flexibility index (Phi) is 16.1. The Morgan fingerprint density at radius 3 is 1.55 bits per heavy atom. The van der Waals surface area contributed by atoms with Crippen LogP contribution < -0.4 is 11.5 Å². The zero-order valence-electron chi connectivity index (χ0n) is 7.52. The molecule has 3 heteroatoms. The Morgan fingerprint density at radius 2 is 1.55 bits per heavy atom. The van der Waals surface area contributed by atoms with E-state index in [-0.39, 0.29) is 0 Å². The van der Waals surface area contributed by atoms with Crippen molar-refractivity contribution in [2.24, 2.45) is 11.5 Å². The van der Waals surface area contributed by atoms with Gasteiger partial charge in [0.25, 0.3) is 0 Å². The zero-order valence-corrected chi connectivity index (χ0v) is 8.27. The maximum Gasteiger partial charge on any atom is 0.0367 e. The van der Waals surface area contributed by atoms with Crippen molar-refractivity contribution in [3.05, 3.63) is 6.42 Å². The van der Waals surface area contributed by atoms with E-state index in [1.165, 1.54) is 12.8 Å². The molecule has 0 saturated heterocycles. The molecule has 0 aromatic carbocycles. The van der Waals surface area contributed by atoms with Gasteiger partial charge in [0.2, 0.25) is 0 Å². The van der Waals surface area contributed by atoms with Gasteiger partial charge in [-0.25, -0.2) is 0 Å². The Balaban J connectivity index is 0. The number of halogens is 1. The second-order valence-electron chi connectivity index (χ2n) is 2.15. The van der Waals surface area contributed by atoms with E-state index in [1.807, 2.05) is 13.8 Å². The smallest absolute Gasteiger partial charge is 0.0367 e. The summed E-state index contributed by atoms with van der Waals surface area (Å²) >= 11 is 5.49. The molecule has 69 valence electrons. The summed E-state index contributed by atoms with van der Waals surface area (Å²) in [7, 11) is 0. The van der Waals surface area contributed by atoms with E-state index < -0.39 is 0 Å². The molecule has 1 unspecified atom stereocenters. The lowest BCUT2D eigenvalue weighted by Crippen LogP contribution is -2.09. The summed E-state index contributed by atoms with van der Waals surface area (Å²) in [5.74, 6) is 0. The van der Waals surface area contributed by atoms with Gasteiger partial charge in [0.05, 0.1) is 0 Å². The topological polar surface area (TPSA) is 52.0 Å². The Bertz CT molecular complexity index is 54.1. The Morgan fingerprint density at radius 1 is 1.36 bits per heavy atom. The highest BCUT2D eigenvalue weighted by Crippen LogP contribution is 2.22. The summed E-state index contributed by atoms with van der Waals surface area (Å²) in [6.45, 7) is 5.31. The van der Waals surface area contributed by atoms with Crippen LogP contribution in [0, 0.1) is 6.42 Å². The molecule has 1 aliphatic rings. The molecule has 1 atom stereocenters. The third kappa shape index (κ3) is 17.8. The molecule has 11 heavy (non-hydrogen) atoms. The molecule has 4 N–H and O–H groups in total. The second-order valence-corrected chi connectivity index (χ2v) is 2.71. The molecular weight excluding hydrogens is 160 g/mol. The second kappa shape index (κ2) is 12.8. The van der Waals surface area contributed by atoms with Gasteiger partial charge in [-0.1, -0.05) is 13.8 Å². The molecule has 0 heterocycles. The van der Waals surface area contributed by atoms with Gasteiger partial charge in [-0.05, 0) is 32.4 Å². The molecule has 1 aliphatic carbocycles. The van der Waals surface area contributed by atoms with Gasteiger partial charge in [-0.15, -0.1) is 11.6 Å². The first kappa shape index (κ1) is 13.8. The predicted octanol–water partition coefficient (Wildman–Crippen LogP) is 1.52. The molecule has 0 amide bonds. The van der Waals surface area contributed by atoms with E-state index in [2.05, 4.69) is 6.42 Å². The van der Waals surface area contributed by atoms with Gasteiger partial charge in [0.1, 0.15) is 0 Å². The van der Waals surface area contributed by atoms with E-state index in [1.54, 1.807) is 0 Å². The summed E-state index contributed by atoms with van der Waals surface area (Å²) < 4.78 is 0. The molecule has 0 aliphatic heterocycles. The van der Waals surface area contributed by atoms with Crippen molar-refractivity contribution in [1.82, 2.24) is 0 Å². The van der Waals surface area contributed by atoms with Crippen LogP contribution in [-0.2, 0) is 0 Å². The van der Waals surface area contributed by atoms with Crippen LogP contribution in [0.2, 0.25) is 0 Å². The van der Waals surface area contributed by atoms with Crippen molar-refractivity contribution in [3.63, 3.8) is 0 Å². The summed E-state index contributed by atoms with van der Waals surface area (Å²) in [5.41, 5.74) is 9.69. The zero-order chi connectivity index (χ0) is 9.11. The molecular formula is C8H20ClN2. The van der Waals surface area contributed by atoms with Crippen molar-refractivity contribution in [3.8, 4) is 0 Å². The quantitative estimate of drug-likeness (QED) is 0.554.